The van der Waals surface area contributed by atoms with Gasteiger partial charge >= 0.3 is 0 Å². The SMILES string of the molecule is COC[C@]12CCCO[C@H]1CCN(Cc1scnc1C)C2. The van der Waals surface area contributed by atoms with Gasteiger partial charge in [0.2, 0.25) is 0 Å². The summed E-state index contributed by atoms with van der Waals surface area (Å²) in [6.07, 6.45) is 3.90. The molecule has 4 nitrogen and oxygen atoms in total. The fourth-order valence-corrected chi connectivity index (χ4v) is 4.51. The van der Waals surface area contributed by atoms with E-state index >= 15 is 0 Å². The molecule has 3 rings (SSSR count). The number of thiazole rings is 1. The predicted molar refractivity (Wildman–Crippen MR) is 80.0 cm³/mol. The largest absolute Gasteiger partial charge is 0.384 e. The summed E-state index contributed by atoms with van der Waals surface area (Å²) in [5, 5.41) is 0. The van der Waals surface area contributed by atoms with Gasteiger partial charge in [0.05, 0.1) is 23.9 Å². The van der Waals surface area contributed by atoms with Crippen LogP contribution in [-0.4, -0.2) is 49.4 Å². The Morgan fingerprint density at radius 2 is 2.50 bits per heavy atom. The van der Waals surface area contributed by atoms with Crippen molar-refractivity contribution in [1.29, 1.82) is 0 Å². The van der Waals surface area contributed by atoms with Crippen LogP contribution in [0.2, 0.25) is 0 Å². The minimum Gasteiger partial charge on any atom is -0.384 e. The lowest BCUT2D eigenvalue weighted by molar-refractivity contribution is -0.149. The first kappa shape index (κ1) is 14.4. The molecule has 2 atom stereocenters. The lowest BCUT2D eigenvalue weighted by atomic mass is 9.73. The monoisotopic (exact) mass is 296 g/mol. The summed E-state index contributed by atoms with van der Waals surface area (Å²) in [6, 6.07) is 0. The zero-order chi connectivity index (χ0) is 14.0. The van der Waals surface area contributed by atoms with Crippen LogP contribution in [0.4, 0.5) is 0 Å². The molecule has 1 aromatic rings. The lowest BCUT2D eigenvalue weighted by Crippen LogP contribution is -2.56. The molecule has 20 heavy (non-hydrogen) atoms. The number of fused-ring (bicyclic) bond motifs is 1. The molecule has 2 aliphatic rings. The van der Waals surface area contributed by atoms with E-state index in [0.29, 0.717) is 6.10 Å². The first-order valence-corrected chi connectivity index (χ1v) is 8.33. The maximum atomic E-state index is 6.03. The molecule has 0 bridgehead atoms. The van der Waals surface area contributed by atoms with Crippen molar-refractivity contribution < 1.29 is 9.47 Å². The third kappa shape index (κ3) is 2.77. The van der Waals surface area contributed by atoms with Crippen LogP contribution in [0.15, 0.2) is 5.51 Å². The summed E-state index contributed by atoms with van der Waals surface area (Å²) in [5.74, 6) is 0. The van der Waals surface area contributed by atoms with E-state index in [9.17, 15) is 0 Å². The van der Waals surface area contributed by atoms with Crippen molar-refractivity contribution in [3.05, 3.63) is 16.1 Å². The van der Waals surface area contributed by atoms with Crippen molar-refractivity contribution in [2.75, 3.05) is 33.4 Å². The summed E-state index contributed by atoms with van der Waals surface area (Å²) in [7, 11) is 1.81. The average Bonchev–Trinajstić information content (AvgIpc) is 2.84. The number of ether oxygens (including phenoxy) is 2. The van der Waals surface area contributed by atoms with Crippen LogP contribution in [0.1, 0.15) is 29.8 Å². The molecular weight excluding hydrogens is 272 g/mol. The summed E-state index contributed by atoms with van der Waals surface area (Å²) in [4.78, 5) is 8.32. The highest BCUT2D eigenvalue weighted by Crippen LogP contribution is 2.40. The number of nitrogens with zero attached hydrogens (tertiary/aromatic N) is 2. The molecule has 0 radical (unpaired) electrons. The molecule has 0 spiro atoms. The van der Waals surface area contributed by atoms with Crippen LogP contribution >= 0.6 is 11.3 Å². The van der Waals surface area contributed by atoms with E-state index in [0.717, 1.165) is 45.7 Å². The Labute approximate surface area is 125 Å². The quantitative estimate of drug-likeness (QED) is 0.855. The van der Waals surface area contributed by atoms with E-state index < -0.39 is 0 Å². The van der Waals surface area contributed by atoms with Crippen molar-refractivity contribution in [2.45, 2.75) is 38.8 Å². The number of likely N-dealkylation sites (tertiary alicyclic amines) is 1. The first-order chi connectivity index (χ1) is 9.73. The van der Waals surface area contributed by atoms with Gasteiger partial charge in [0.25, 0.3) is 0 Å². The van der Waals surface area contributed by atoms with Gasteiger partial charge < -0.3 is 9.47 Å². The minimum atomic E-state index is 0.198. The summed E-state index contributed by atoms with van der Waals surface area (Å²) in [6.45, 7) is 7.07. The Kier molecular flexibility index (Phi) is 4.40. The van der Waals surface area contributed by atoms with E-state index in [4.69, 9.17) is 9.47 Å². The summed E-state index contributed by atoms with van der Waals surface area (Å²) >= 11 is 1.77. The van der Waals surface area contributed by atoms with E-state index in [1.165, 1.54) is 17.0 Å². The van der Waals surface area contributed by atoms with Crippen molar-refractivity contribution in [3.63, 3.8) is 0 Å². The zero-order valence-electron chi connectivity index (χ0n) is 12.4. The molecule has 1 aromatic heterocycles. The van der Waals surface area contributed by atoms with Gasteiger partial charge in [-0.2, -0.15) is 0 Å². The minimum absolute atomic E-state index is 0.198. The van der Waals surface area contributed by atoms with Crippen molar-refractivity contribution in [1.82, 2.24) is 9.88 Å². The highest BCUT2D eigenvalue weighted by Gasteiger charge is 2.45. The van der Waals surface area contributed by atoms with Crippen LogP contribution in [0.3, 0.4) is 0 Å². The number of hydrogen-bond acceptors (Lipinski definition) is 5. The van der Waals surface area contributed by atoms with Gasteiger partial charge in [-0.1, -0.05) is 0 Å². The van der Waals surface area contributed by atoms with Gasteiger partial charge in [-0.05, 0) is 26.2 Å². The molecule has 2 fully saturated rings. The maximum Gasteiger partial charge on any atom is 0.0798 e. The Morgan fingerprint density at radius 1 is 1.60 bits per heavy atom. The van der Waals surface area contributed by atoms with Crippen molar-refractivity contribution in [2.24, 2.45) is 5.41 Å². The Balaban J connectivity index is 1.71. The van der Waals surface area contributed by atoms with Gasteiger partial charge in [0.15, 0.2) is 0 Å². The van der Waals surface area contributed by atoms with Crippen LogP contribution in [-0.2, 0) is 16.0 Å². The normalized spacial score (nSPS) is 31.2. The van der Waals surface area contributed by atoms with Crippen molar-refractivity contribution >= 4 is 11.3 Å². The lowest BCUT2D eigenvalue weighted by Gasteiger charge is -2.50. The molecule has 0 amide bonds. The third-order valence-electron chi connectivity index (χ3n) is 4.71. The molecule has 0 aromatic carbocycles. The van der Waals surface area contributed by atoms with E-state index in [1.807, 2.05) is 12.6 Å². The van der Waals surface area contributed by atoms with Crippen LogP contribution < -0.4 is 0 Å². The number of methoxy groups -OCH3 is 1. The van der Waals surface area contributed by atoms with Gasteiger partial charge in [-0.25, -0.2) is 4.98 Å². The number of aryl methyl sites for hydroxylation is 1. The number of rotatable bonds is 4. The second-order valence-corrected chi connectivity index (χ2v) is 7.06. The molecule has 112 valence electrons. The van der Waals surface area contributed by atoms with Gasteiger partial charge in [-0.3, -0.25) is 4.90 Å². The van der Waals surface area contributed by atoms with E-state index in [1.54, 1.807) is 11.3 Å². The Morgan fingerprint density at radius 3 is 3.25 bits per heavy atom. The van der Waals surface area contributed by atoms with Crippen LogP contribution in [0.25, 0.3) is 0 Å². The third-order valence-corrected chi connectivity index (χ3v) is 5.63. The molecule has 2 saturated heterocycles. The molecule has 0 saturated carbocycles. The molecule has 5 heteroatoms. The first-order valence-electron chi connectivity index (χ1n) is 7.45. The van der Waals surface area contributed by atoms with Gasteiger partial charge in [-0.15, -0.1) is 11.3 Å². The molecule has 2 aliphatic heterocycles. The van der Waals surface area contributed by atoms with Crippen molar-refractivity contribution in [3.8, 4) is 0 Å². The van der Waals surface area contributed by atoms with E-state index in [-0.39, 0.29) is 5.41 Å². The topological polar surface area (TPSA) is 34.6 Å². The zero-order valence-corrected chi connectivity index (χ0v) is 13.2. The second kappa shape index (κ2) is 6.10. The maximum absolute atomic E-state index is 6.03. The molecule has 3 heterocycles. The number of hydrogen-bond donors (Lipinski definition) is 0. The van der Waals surface area contributed by atoms with Gasteiger partial charge in [0.1, 0.15) is 0 Å². The summed E-state index contributed by atoms with van der Waals surface area (Å²) < 4.78 is 11.6. The fraction of sp³-hybridized carbons (Fsp3) is 0.800. The molecular formula is C15H24N2O2S. The Bertz CT molecular complexity index is 447. The molecule has 0 N–H and O–H groups in total. The Hall–Kier alpha value is -0.490. The van der Waals surface area contributed by atoms with Crippen LogP contribution in [0.5, 0.6) is 0 Å². The highest BCUT2D eigenvalue weighted by atomic mass is 32.1. The standard InChI is InChI=1S/C15H24N2O2S/c1-12-13(20-11-16-12)8-17-6-4-14-15(9-17,10-18-2)5-3-7-19-14/h11,14H,3-10H2,1-2H3/t14-,15+/m0/s1. The smallest absolute Gasteiger partial charge is 0.0798 e. The number of aromatic nitrogens is 1. The fourth-order valence-electron chi connectivity index (χ4n) is 3.70. The predicted octanol–water partition coefficient (Wildman–Crippen LogP) is 2.47. The average molecular weight is 296 g/mol. The highest BCUT2D eigenvalue weighted by molar-refractivity contribution is 7.09. The summed E-state index contributed by atoms with van der Waals surface area (Å²) in [5.41, 5.74) is 3.33. The number of piperidine rings is 1. The molecule has 0 unspecified atom stereocenters. The molecule has 0 aliphatic carbocycles. The second-order valence-electron chi connectivity index (χ2n) is 6.12. The van der Waals surface area contributed by atoms with Gasteiger partial charge in [0, 0.05) is 43.6 Å². The van der Waals surface area contributed by atoms with E-state index in [2.05, 4.69) is 16.8 Å². The van der Waals surface area contributed by atoms with Crippen LogP contribution in [0, 0.1) is 12.3 Å².